The number of nitrogens with zero attached hydrogens (tertiary/aromatic N) is 1. The van der Waals surface area contributed by atoms with E-state index in [0.29, 0.717) is 12.0 Å². The first-order chi connectivity index (χ1) is 7.81. The summed E-state index contributed by atoms with van der Waals surface area (Å²) >= 11 is 0. The summed E-state index contributed by atoms with van der Waals surface area (Å²) in [6, 6.07) is 1.94. The monoisotopic (exact) mass is 236 g/mol. The van der Waals surface area contributed by atoms with Crippen molar-refractivity contribution in [3.8, 4) is 6.07 Å². The molecule has 1 aliphatic carbocycles. The lowest BCUT2D eigenvalue weighted by Gasteiger charge is -2.36. The molecule has 0 aromatic carbocycles. The Labute approximate surface area is 100 Å². The van der Waals surface area contributed by atoms with Crippen molar-refractivity contribution in [2.24, 2.45) is 17.1 Å². The molecule has 2 atom stereocenters. The minimum Gasteiger partial charge on any atom is -0.449 e. The highest BCUT2D eigenvalue weighted by atomic mass is 16.5. The molecule has 1 amide bonds. The standard InChI is InChI=1S/C12H16N2O3/c1-7-4-12(3,6-17-11(14)16)8(2)9(5-13)10(7)15/h7H,4,6H2,1-3H3,(H2,14,16). The zero-order valence-electron chi connectivity index (χ0n) is 10.2. The Bertz CT molecular complexity index is 434. The lowest BCUT2D eigenvalue weighted by molar-refractivity contribution is -0.120. The number of hydrogen-bond acceptors (Lipinski definition) is 4. The molecule has 0 saturated heterocycles. The third kappa shape index (κ3) is 2.47. The van der Waals surface area contributed by atoms with Gasteiger partial charge in [-0.15, -0.1) is 0 Å². The van der Waals surface area contributed by atoms with Crippen molar-refractivity contribution in [2.45, 2.75) is 27.2 Å². The number of hydrogen-bond donors (Lipinski definition) is 1. The first kappa shape index (κ1) is 13.2. The van der Waals surface area contributed by atoms with Crippen molar-refractivity contribution in [1.82, 2.24) is 0 Å². The molecule has 0 aromatic rings. The van der Waals surface area contributed by atoms with Crippen molar-refractivity contribution in [1.29, 1.82) is 5.26 Å². The van der Waals surface area contributed by atoms with Crippen molar-refractivity contribution >= 4 is 11.9 Å². The maximum Gasteiger partial charge on any atom is 0.404 e. The van der Waals surface area contributed by atoms with Crippen LogP contribution in [0.3, 0.4) is 0 Å². The van der Waals surface area contributed by atoms with Gasteiger partial charge in [-0.25, -0.2) is 4.79 Å². The second kappa shape index (κ2) is 4.58. The van der Waals surface area contributed by atoms with E-state index in [1.54, 1.807) is 13.8 Å². The van der Waals surface area contributed by atoms with Gasteiger partial charge < -0.3 is 10.5 Å². The van der Waals surface area contributed by atoms with Gasteiger partial charge in [0.1, 0.15) is 12.7 Å². The van der Waals surface area contributed by atoms with Crippen molar-refractivity contribution in [3.05, 3.63) is 11.1 Å². The molecule has 1 rings (SSSR count). The maximum atomic E-state index is 11.8. The van der Waals surface area contributed by atoms with Crippen molar-refractivity contribution in [2.75, 3.05) is 6.61 Å². The number of Topliss-reactive ketones (excluding diaryl/α,β-unsaturated/α-hetero) is 1. The number of nitrogens with two attached hydrogens (primary N) is 1. The topological polar surface area (TPSA) is 93.2 Å². The average Bonchev–Trinajstić information content (AvgIpc) is 2.25. The Balaban J connectivity index is 3.08. The van der Waals surface area contributed by atoms with E-state index in [2.05, 4.69) is 0 Å². The summed E-state index contributed by atoms with van der Waals surface area (Å²) in [5.74, 6) is -0.378. The molecule has 1 aliphatic rings. The third-order valence-corrected chi connectivity index (χ3v) is 3.38. The van der Waals surface area contributed by atoms with Gasteiger partial charge in [-0.2, -0.15) is 5.26 Å². The fraction of sp³-hybridized carbons (Fsp3) is 0.583. The quantitative estimate of drug-likeness (QED) is 0.786. The summed E-state index contributed by atoms with van der Waals surface area (Å²) in [4.78, 5) is 22.4. The molecule has 5 nitrogen and oxygen atoms in total. The molecule has 0 bridgehead atoms. The van der Waals surface area contributed by atoms with Crippen LogP contribution >= 0.6 is 0 Å². The van der Waals surface area contributed by atoms with Gasteiger partial charge in [0.05, 0.1) is 5.57 Å². The number of primary amides is 1. The van der Waals surface area contributed by atoms with E-state index in [1.807, 2.05) is 13.0 Å². The van der Waals surface area contributed by atoms with E-state index in [4.69, 9.17) is 15.7 Å². The van der Waals surface area contributed by atoms with Gasteiger partial charge in [0, 0.05) is 11.3 Å². The molecule has 0 saturated carbocycles. The Kier molecular flexibility index (Phi) is 3.56. The summed E-state index contributed by atoms with van der Waals surface area (Å²) in [7, 11) is 0. The third-order valence-electron chi connectivity index (χ3n) is 3.38. The molecule has 0 fully saturated rings. The first-order valence-corrected chi connectivity index (χ1v) is 5.39. The van der Waals surface area contributed by atoms with Crippen LogP contribution in [-0.4, -0.2) is 18.5 Å². The molecule has 0 aromatic heterocycles. The van der Waals surface area contributed by atoms with Crippen LogP contribution < -0.4 is 5.73 Å². The van der Waals surface area contributed by atoms with E-state index in [9.17, 15) is 9.59 Å². The highest BCUT2D eigenvalue weighted by Gasteiger charge is 2.40. The summed E-state index contributed by atoms with van der Waals surface area (Å²) in [5, 5.41) is 9.00. The Morgan fingerprint density at radius 1 is 1.71 bits per heavy atom. The normalized spacial score (nSPS) is 28.8. The van der Waals surface area contributed by atoms with Crippen LogP contribution in [0, 0.1) is 22.7 Å². The fourth-order valence-electron chi connectivity index (χ4n) is 2.19. The summed E-state index contributed by atoms with van der Waals surface area (Å²) in [6.45, 7) is 5.46. The second-order valence-electron chi connectivity index (χ2n) is 4.75. The summed E-state index contributed by atoms with van der Waals surface area (Å²) in [5.41, 5.74) is 5.29. The number of rotatable bonds is 2. The number of amides is 1. The van der Waals surface area contributed by atoms with Gasteiger partial charge in [0.2, 0.25) is 0 Å². The molecule has 0 radical (unpaired) electrons. The van der Waals surface area contributed by atoms with E-state index in [0.717, 1.165) is 0 Å². The smallest absolute Gasteiger partial charge is 0.404 e. The van der Waals surface area contributed by atoms with E-state index < -0.39 is 11.5 Å². The van der Waals surface area contributed by atoms with Gasteiger partial charge in [-0.05, 0) is 18.9 Å². The minimum atomic E-state index is -0.845. The van der Waals surface area contributed by atoms with Gasteiger partial charge in [-0.1, -0.05) is 13.8 Å². The van der Waals surface area contributed by atoms with Gasteiger partial charge >= 0.3 is 6.09 Å². The highest BCUT2D eigenvalue weighted by molar-refractivity contribution is 6.02. The predicted molar refractivity (Wildman–Crippen MR) is 60.7 cm³/mol. The molecule has 5 heteroatoms. The van der Waals surface area contributed by atoms with Crippen LogP contribution in [-0.2, 0) is 9.53 Å². The van der Waals surface area contributed by atoms with Gasteiger partial charge in [0.25, 0.3) is 0 Å². The van der Waals surface area contributed by atoms with Crippen molar-refractivity contribution in [3.63, 3.8) is 0 Å². The largest absolute Gasteiger partial charge is 0.449 e. The maximum absolute atomic E-state index is 11.8. The molecule has 2 unspecified atom stereocenters. The van der Waals surface area contributed by atoms with E-state index >= 15 is 0 Å². The summed E-state index contributed by atoms with van der Waals surface area (Å²) in [6.07, 6.45) is -0.294. The van der Waals surface area contributed by atoms with Gasteiger partial charge in [0.15, 0.2) is 5.78 Å². The Morgan fingerprint density at radius 2 is 2.29 bits per heavy atom. The number of nitriles is 1. The number of carbonyl (C=O) groups excluding carboxylic acids is 2. The highest BCUT2D eigenvalue weighted by Crippen LogP contribution is 2.41. The molecular weight excluding hydrogens is 220 g/mol. The number of ether oxygens (including phenoxy) is 1. The number of allylic oxidation sites excluding steroid dienone is 1. The zero-order chi connectivity index (χ0) is 13.2. The fourth-order valence-corrected chi connectivity index (χ4v) is 2.19. The molecule has 0 aliphatic heterocycles. The molecule has 0 heterocycles. The lowest BCUT2D eigenvalue weighted by Crippen LogP contribution is -2.37. The zero-order valence-corrected chi connectivity index (χ0v) is 10.2. The SMILES string of the molecule is CC1=C(C#N)C(=O)C(C)CC1(C)COC(N)=O. The minimum absolute atomic E-state index is 0.0942. The average molecular weight is 236 g/mol. The molecular formula is C12H16N2O3. The van der Waals surface area contributed by atoms with Crippen molar-refractivity contribution < 1.29 is 14.3 Å². The lowest BCUT2D eigenvalue weighted by atomic mass is 9.68. The van der Waals surface area contributed by atoms with Crippen LogP contribution in [0.5, 0.6) is 0 Å². The van der Waals surface area contributed by atoms with Crippen LogP contribution in [0.2, 0.25) is 0 Å². The summed E-state index contributed by atoms with van der Waals surface area (Å²) < 4.78 is 4.82. The molecule has 0 spiro atoms. The van der Waals surface area contributed by atoms with Crippen LogP contribution in [0.15, 0.2) is 11.1 Å². The molecule has 92 valence electrons. The van der Waals surface area contributed by atoms with E-state index in [-0.39, 0.29) is 23.9 Å². The van der Waals surface area contributed by atoms with Crippen LogP contribution in [0.25, 0.3) is 0 Å². The molecule has 17 heavy (non-hydrogen) atoms. The number of carbonyl (C=O) groups is 2. The Morgan fingerprint density at radius 3 is 2.76 bits per heavy atom. The second-order valence-corrected chi connectivity index (χ2v) is 4.75. The number of ketones is 1. The van der Waals surface area contributed by atoms with Crippen LogP contribution in [0.4, 0.5) is 4.79 Å². The Hall–Kier alpha value is -1.83. The first-order valence-electron chi connectivity index (χ1n) is 5.39. The van der Waals surface area contributed by atoms with E-state index in [1.165, 1.54) is 0 Å². The predicted octanol–water partition coefficient (Wildman–Crippen LogP) is 1.54. The van der Waals surface area contributed by atoms with Crippen LogP contribution in [0.1, 0.15) is 27.2 Å². The van der Waals surface area contributed by atoms with Gasteiger partial charge in [-0.3, -0.25) is 4.79 Å². The molecule has 2 N–H and O–H groups in total.